The molecule has 0 saturated heterocycles. The molecule has 2 N–H and O–H groups in total. The molecule has 0 aromatic carbocycles. The molecule has 0 unspecified atom stereocenters. The smallest absolute Gasteiger partial charge is 0.462 e. The van der Waals surface area contributed by atoms with E-state index < -0.39 is 32.5 Å². The van der Waals surface area contributed by atoms with E-state index in [4.69, 9.17) is 19.3 Å². The molecule has 0 aliphatic heterocycles. The first-order valence-electron chi connectivity index (χ1n) is 23.7. The minimum atomic E-state index is -4.75. The number of esters is 2. The number of phosphoric ester groups is 1. The SMILES string of the molecule is CCCCCCCCCCCCCCCCCCCCC(=O)OC[C@H](COP(=O)(O)O)OC(=O)CCCCCCCCCCCCCCCCCCC(C)C. The van der Waals surface area contributed by atoms with Crippen molar-refractivity contribution in [2.45, 2.75) is 264 Å². The number of phosphoric acid groups is 1. The average molecular weight is 803 g/mol. The summed E-state index contributed by atoms with van der Waals surface area (Å²) < 4.78 is 26.5. The summed E-state index contributed by atoms with van der Waals surface area (Å²) in [5.74, 6) is -0.0230. The Morgan fingerprint density at radius 1 is 0.455 bits per heavy atom. The molecule has 0 heterocycles. The van der Waals surface area contributed by atoms with E-state index in [1.807, 2.05) is 0 Å². The third-order valence-corrected chi connectivity index (χ3v) is 11.3. The van der Waals surface area contributed by atoms with Crippen molar-refractivity contribution in [3.63, 3.8) is 0 Å². The fourth-order valence-electron chi connectivity index (χ4n) is 7.27. The standard InChI is InChI=1S/C46H91O8P/c1-4-5-6-7-8-9-10-11-12-13-14-18-21-24-27-30-33-36-39-45(47)52-41-44(42-53-55(49,50)51)54-46(48)40-37-34-31-28-25-22-19-16-15-17-20-23-26-29-32-35-38-43(2)3/h43-44H,4-42H2,1-3H3,(H2,49,50,51)/t44-/m1/s1. The van der Waals surface area contributed by atoms with Gasteiger partial charge in [0.05, 0.1) is 6.61 Å². The van der Waals surface area contributed by atoms with E-state index >= 15 is 0 Å². The fraction of sp³-hybridized carbons (Fsp3) is 0.957. The second kappa shape index (κ2) is 41.2. The van der Waals surface area contributed by atoms with Gasteiger partial charge in [-0.2, -0.15) is 0 Å². The van der Waals surface area contributed by atoms with E-state index in [2.05, 4.69) is 25.3 Å². The third kappa shape index (κ3) is 45.6. The molecule has 1 atom stereocenters. The predicted octanol–water partition coefficient (Wildman–Crippen LogP) is 14.7. The molecule has 0 fully saturated rings. The zero-order valence-electron chi connectivity index (χ0n) is 36.5. The van der Waals surface area contributed by atoms with E-state index in [1.165, 1.54) is 186 Å². The summed E-state index contributed by atoms with van der Waals surface area (Å²) in [6, 6.07) is 0. The molecule has 0 aromatic heterocycles. The third-order valence-electron chi connectivity index (χ3n) is 10.8. The number of rotatable bonds is 44. The molecule has 0 radical (unpaired) electrons. The van der Waals surface area contributed by atoms with E-state index in [0.717, 1.165) is 38.0 Å². The molecule has 9 heteroatoms. The number of carbonyl (C=O) groups is 2. The van der Waals surface area contributed by atoms with Crippen molar-refractivity contribution in [1.82, 2.24) is 0 Å². The van der Waals surface area contributed by atoms with Crippen LogP contribution in [-0.2, 0) is 28.2 Å². The molecule has 55 heavy (non-hydrogen) atoms. The Hall–Kier alpha value is -0.950. The summed E-state index contributed by atoms with van der Waals surface area (Å²) in [4.78, 5) is 43.0. The molecule has 0 aliphatic rings. The monoisotopic (exact) mass is 803 g/mol. The number of hydrogen-bond acceptors (Lipinski definition) is 6. The van der Waals surface area contributed by atoms with Gasteiger partial charge in [0.25, 0.3) is 0 Å². The number of ether oxygens (including phenoxy) is 2. The van der Waals surface area contributed by atoms with Crippen molar-refractivity contribution in [2.24, 2.45) is 5.92 Å². The van der Waals surface area contributed by atoms with E-state index in [9.17, 15) is 14.2 Å². The molecule has 0 saturated carbocycles. The first kappa shape index (κ1) is 54.0. The fourth-order valence-corrected chi connectivity index (χ4v) is 7.63. The number of unbranched alkanes of at least 4 members (excludes halogenated alkanes) is 32. The van der Waals surface area contributed by atoms with Crippen molar-refractivity contribution < 1.29 is 37.9 Å². The molecule has 0 bridgehead atoms. The Morgan fingerprint density at radius 2 is 0.764 bits per heavy atom. The van der Waals surface area contributed by atoms with Crippen LogP contribution in [0.15, 0.2) is 0 Å². The summed E-state index contributed by atoms with van der Waals surface area (Å²) in [5, 5.41) is 0. The van der Waals surface area contributed by atoms with Crippen LogP contribution in [0.5, 0.6) is 0 Å². The van der Waals surface area contributed by atoms with Gasteiger partial charge in [-0.25, -0.2) is 4.57 Å². The van der Waals surface area contributed by atoms with Crippen molar-refractivity contribution in [2.75, 3.05) is 13.2 Å². The van der Waals surface area contributed by atoms with Crippen LogP contribution in [0.4, 0.5) is 0 Å². The first-order valence-corrected chi connectivity index (χ1v) is 25.2. The summed E-state index contributed by atoms with van der Waals surface area (Å²) in [6.45, 7) is 6.09. The highest BCUT2D eigenvalue weighted by atomic mass is 31.2. The van der Waals surface area contributed by atoms with Crippen LogP contribution in [0.3, 0.4) is 0 Å². The second-order valence-corrected chi connectivity index (χ2v) is 18.2. The molecule has 0 spiro atoms. The predicted molar refractivity (Wildman–Crippen MR) is 230 cm³/mol. The zero-order chi connectivity index (χ0) is 40.5. The summed E-state index contributed by atoms with van der Waals surface area (Å²) >= 11 is 0. The van der Waals surface area contributed by atoms with Gasteiger partial charge in [-0.1, -0.05) is 233 Å². The van der Waals surface area contributed by atoms with Crippen molar-refractivity contribution in [3.8, 4) is 0 Å². The van der Waals surface area contributed by atoms with Crippen LogP contribution in [0, 0.1) is 5.92 Å². The average Bonchev–Trinajstić information content (AvgIpc) is 3.14. The van der Waals surface area contributed by atoms with Crippen LogP contribution in [-0.4, -0.2) is 41.0 Å². The van der Waals surface area contributed by atoms with Gasteiger partial charge in [-0.3, -0.25) is 14.1 Å². The van der Waals surface area contributed by atoms with Gasteiger partial charge in [-0.15, -0.1) is 0 Å². The summed E-state index contributed by atoms with van der Waals surface area (Å²) in [6.07, 6.45) is 44.0. The highest BCUT2D eigenvalue weighted by molar-refractivity contribution is 7.46. The van der Waals surface area contributed by atoms with E-state index in [1.54, 1.807) is 0 Å². The van der Waals surface area contributed by atoms with Gasteiger partial charge in [-0.05, 0) is 18.8 Å². The first-order chi connectivity index (χ1) is 26.6. The molecule has 0 amide bonds. The number of hydrogen-bond donors (Lipinski definition) is 2. The van der Waals surface area contributed by atoms with E-state index in [-0.39, 0.29) is 19.4 Å². The van der Waals surface area contributed by atoms with Crippen molar-refractivity contribution in [3.05, 3.63) is 0 Å². The van der Waals surface area contributed by atoms with E-state index in [0.29, 0.717) is 6.42 Å². The Morgan fingerprint density at radius 3 is 1.09 bits per heavy atom. The lowest BCUT2D eigenvalue weighted by Gasteiger charge is -2.18. The van der Waals surface area contributed by atoms with Gasteiger partial charge in [0.2, 0.25) is 0 Å². The van der Waals surface area contributed by atoms with Gasteiger partial charge in [0.1, 0.15) is 6.61 Å². The molecule has 0 aliphatic carbocycles. The summed E-state index contributed by atoms with van der Waals surface area (Å²) in [5.41, 5.74) is 0. The molecule has 328 valence electrons. The van der Waals surface area contributed by atoms with Crippen LogP contribution < -0.4 is 0 Å². The Bertz CT molecular complexity index is 876. The van der Waals surface area contributed by atoms with Crippen LogP contribution >= 0.6 is 7.82 Å². The van der Waals surface area contributed by atoms with Gasteiger partial charge in [0, 0.05) is 12.8 Å². The lowest BCUT2D eigenvalue weighted by molar-refractivity contribution is -0.161. The van der Waals surface area contributed by atoms with Crippen LogP contribution in [0.25, 0.3) is 0 Å². The highest BCUT2D eigenvalue weighted by Gasteiger charge is 2.23. The maximum absolute atomic E-state index is 12.4. The number of carbonyl (C=O) groups excluding carboxylic acids is 2. The largest absolute Gasteiger partial charge is 0.469 e. The van der Waals surface area contributed by atoms with Gasteiger partial charge in [0.15, 0.2) is 6.10 Å². The lowest BCUT2D eigenvalue weighted by Crippen LogP contribution is -2.29. The van der Waals surface area contributed by atoms with Gasteiger partial charge < -0.3 is 19.3 Å². The maximum Gasteiger partial charge on any atom is 0.469 e. The maximum atomic E-state index is 12.4. The molecular weight excluding hydrogens is 711 g/mol. The topological polar surface area (TPSA) is 119 Å². The lowest BCUT2D eigenvalue weighted by atomic mass is 10.0. The Balaban J connectivity index is 3.80. The van der Waals surface area contributed by atoms with Crippen LogP contribution in [0.2, 0.25) is 0 Å². The Kier molecular flexibility index (Phi) is 40.5. The molecule has 8 nitrogen and oxygen atoms in total. The molecule has 0 aromatic rings. The van der Waals surface area contributed by atoms with Crippen LogP contribution in [0.1, 0.15) is 258 Å². The summed E-state index contributed by atoms with van der Waals surface area (Å²) in [7, 11) is -4.75. The minimum Gasteiger partial charge on any atom is -0.462 e. The molecular formula is C46H91O8P. The highest BCUT2D eigenvalue weighted by Crippen LogP contribution is 2.36. The Labute approximate surface area is 340 Å². The second-order valence-electron chi connectivity index (χ2n) is 16.9. The normalized spacial score (nSPS) is 12.4. The van der Waals surface area contributed by atoms with Crippen molar-refractivity contribution in [1.29, 1.82) is 0 Å². The minimum absolute atomic E-state index is 0.220. The van der Waals surface area contributed by atoms with Gasteiger partial charge >= 0.3 is 19.8 Å². The van der Waals surface area contributed by atoms with Crippen molar-refractivity contribution >= 4 is 19.8 Å². The molecule has 0 rings (SSSR count). The zero-order valence-corrected chi connectivity index (χ0v) is 37.4. The quantitative estimate of drug-likeness (QED) is 0.0355.